The van der Waals surface area contributed by atoms with Gasteiger partial charge in [0, 0.05) is 38.4 Å². The highest BCUT2D eigenvalue weighted by molar-refractivity contribution is 7.89. The number of aromatic nitrogens is 2. The van der Waals surface area contributed by atoms with Crippen molar-refractivity contribution in [3.05, 3.63) is 18.0 Å². The topological polar surface area (TPSA) is 101 Å². The first-order valence-electron chi connectivity index (χ1n) is 8.56. The molecule has 1 aromatic rings. The van der Waals surface area contributed by atoms with Gasteiger partial charge >= 0.3 is 0 Å². The van der Waals surface area contributed by atoms with E-state index in [2.05, 4.69) is 25.0 Å². The number of nitrogens with zero attached hydrogens (tertiary/aromatic N) is 4. The molecule has 10 heteroatoms. The van der Waals surface area contributed by atoms with Crippen LogP contribution in [0.25, 0.3) is 0 Å². The predicted octanol–water partition coefficient (Wildman–Crippen LogP) is -0.302. The van der Waals surface area contributed by atoms with Crippen molar-refractivity contribution in [2.24, 2.45) is 12.0 Å². The normalized spacial score (nSPS) is 19.2. The molecular formula is C15H28N6O3S. The van der Waals surface area contributed by atoms with Crippen LogP contribution in [0, 0.1) is 0 Å². The number of hydrogen-bond donors (Lipinski definition) is 2. The molecular weight excluding hydrogens is 344 g/mol. The molecule has 9 nitrogen and oxygen atoms in total. The number of nitrogens with one attached hydrogen (secondary N) is 2. The molecule has 1 fully saturated rings. The lowest BCUT2D eigenvalue weighted by atomic mass is 10.1. The monoisotopic (exact) mass is 372 g/mol. The van der Waals surface area contributed by atoms with Crippen LogP contribution >= 0.6 is 0 Å². The predicted molar refractivity (Wildman–Crippen MR) is 96.9 cm³/mol. The summed E-state index contributed by atoms with van der Waals surface area (Å²) in [6, 6.07) is 0. The fraction of sp³-hybridized carbons (Fsp3) is 0.733. The second-order valence-electron chi connectivity index (χ2n) is 5.79. The molecule has 0 spiro atoms. The Kier molecular flexibility index (Phi) is 7.21. The Morgan fingerprint density at radius 2 is 2.28 bits per heavy atom. The van der Waals surface area contributed by atoms with Gasteiger partial charge in [0.25, 0.3) is 0 Å². The van der Waals surface area contributed by atoms with E-state index in [1.165, 1.54) is 0 Å². The standard InChI is InChI=1S/C15H28N6O3S/c1-4-16-15(17-6-7-19-25(22,23)5-2)21-8-9-24-14(12-21)13-10-18-20(3)11-13/h10-11,14,19H,4-9,12H2,1-3H3,(H,16,17). The second kappa shape index (κ2) is 9.16. The lowest BCUT2D eigenvalue weighted by Gasteiger charge is -2.34. The van der Waals surface area contributed by atoms with Crippen LogP contribution < -0.4 is 10.0 Å². The molecule has 1 aromatic heterocycles. The van der Waals surface area contributed by atoms with E-state index in [9.17, 15) is 8.42 Å². The van der Waals surface area contributed by atoms with Gasteiger partial charge in [-0.15, -0.1) is 0 Å². The highest BCUT2D eigenvalue weighted by Crippen LogP contribution is 2.21. The van der Waals surface area contributed by atoms with Crippen LogP contribution in [-0.4, -0.2) is 74.1 Å². The highest BCUT2D eigenvalue weighted by atomic mass is 32.2. The third-order valence-electron chi connectivity index (χ3n) is 3.87. The molecule has 0 radical (unpaired) electrons. The van der Waals surface area contributed by atoms with Gasteiger partial charge in [0.15, 0.2) is 5.96 Å². The molecule has 1 atom stereocenters. The van der Waals surface area contributed by atoms with Crippen molar-refractivity contribution in [2.45, 2.75) is 20.0 Å². The molecule has 2 N–H and O–H groups in total. The van der Waals surface area contributed by atoms with E-state index in [1.54, 1.807) is 11.6 Å². The van der Waals surface area contributed by atoms with Crippen LogP contribution in [0.5, 0.6) is 0 Å². The van der Waals surface area contributed by atoms with Crippen molar-refractivity contribution in [3.8, 4) is 0 Å². The third kappa shape index (κ3) is 5.98. The van der Waals surface area contributed by atoms with E-state index >= 15 is 0 Å². The van der Waals surface area contributed by atoms with Crippen molar-refractivity contribution in [1.29, 1.82) is 0 Å². The fourth-order valence-electron chi connectivity index (χ4n) is 2.54. The van der Waals surface area contributed by atoms with E-state index < -0.39 is 10.0 Å². The van der Waals surface area contributed by atoms with Crippen molar-refractivity contribution >= 4 is 16.0 Å². The van der Waals surface area contributed by atoms with Crippen molar-refractivity contribution in [2.75, 3.05) is 45.1 Å². The molecule has 1 saturated heterocycles. The van der Waals surface area contributed by atoms with Gasteiger partial charge in [-0.05, 0) is 13.8 Å². The van der Waals surface area contributed by atoms with Gasteiger partial charge in [0.05, 0.1) is 31.6 Å². The number of guanidine groups is 1. The van der Waals surface area contributed by atoms with Gasteiger partial charge in [-0.1, -0.05) is 0 Å². The number of hydrogen-bond acceptors (Lipinski definition) is 5. The van der Waals surface area contributed by atoms with Crippen LogP contribution in [0.2, 0.25) is 0 Å². The lowest BCUT2D eigenvalue weighted by molar-refractivity contribution is -0.00803. The Morgan fingerprint density at radius 3 is 2.92 bits per heavy atom. The summed E-state index contributed by atoms with van der Waals surface area (Å²) in [5, 5.41) is 7.46. The minimum atomic E-state index is -3.18. The van der Waals surface area contributed by atoms with E-state index in [0.717, 1.165) is 24.6 Å². The number of rotatable bonds is 7. The summed E-state index contributed by atoms with van der Waals surface area (Å²) in [7, 11) is -1.30. The van der Waals surface area contributed by atoms with Crippen LogP contribution in [0.3, 0.4) is 0 Å². The van der Waals surface area contributed by atoms with E-state index in [-0.39, 0.29) is 11.9 Å². The van der Waals surface area contributed by atoms with E-state index in [1.807, 2.05) is 26.4 Å². The summed E-state index contributed by atoms with van der Waals surface area (Å²) in [5.41, 5.74) is 1.04. The zero-order valence-electron chi connectivity index (χ0n) is 15.1. The fourth-order valence-corrected chi connectivity index (χ4v) is 3.15. The first-order valence-corrected chi connectivity index (χ1v) is 10.2. The molecule has 0 bridgehead atoms. The van der Waals surface area contributed by atoms with Gasteiger partial charge in [-0.25, -0.2) is 13.1 Å². The first kappa shape index (κ1) is 19.7. The molecule has 142 valence electrons. The van der Waals surface area contributed by atoms with Gasteiger partial charge in [-0.2, -0.15) is 5.10 Å². The Labute approximate surface area is 149 Å². The zero-order chi connectivity index (χ0) is 18.3. The first-order chi connectivity index (χ1) is 11.9. The Morgan fingerprint density at radius 1 is 1.48 bits per heavy atom. The minimum absolute atomic E-state index is 0.0510. The molecule has 1 unspecified atom stereocenters. The summed E-state index contributed by atoms with van der Waals surface area (Å²) in [5.74, 6) is 0.850. The SMILES string of the molecule is CCNC(=NCCNS(=O)(=O)CC)N1CCOC(c2cnn(C)c2)C1. The van der Waals surface area contributed by atoms with Gasteiger partial charge in [0.1, 0.15) is 6.10 Å². The van der Waals surface area contributed by atoms with Gasteiger partial charge in [0.2, 0.25) is 10.0 Å². The largest absolute Gasteiger partial charge is 0.370 e. The quantitative estimate of drug-likeness (QED) is 0.387. The van der Waals surface area contributed by atoms with Crippen LogP contribution in [0.15, 0.2) is 17.4 Å². The summed E-state index contributed by atoms with van der Waals surface area (Å²) in [6.07, 6.45) is 3.72. The zero-order valence-corrected chi connectivity index (χ0v) is 15.9. The maximum Gasteiger partial charge on any atom is 0.211 e. The molecule has 2 heterocycles. The smallest absolute Gasteiger partial charge is 0.211 e. The Balaban J connectivity index is 1.96. The number of aliphatic imine (C=N–C) groups is 1. The average Bonchev–Trinajstić information content (AvgIpc) is 3.04. The summed E-state index contributed by atoms with van der Waals surface area (Å²) >= 11 is 0. The molecule has 1 aliphatic heterocycles. The number of morpholine rings is 1. The van der Waals surface area contributed by atoms with Crippen LogP contribution in [0.1, 0.15) is 25.5 Å². The van der Waals surface area contributed by atoms with Gasteiger partial charge in [-0.3, -0.25) is 9.67 Å². The van der Waals surface area contributed by atoms with E-state index in [4.69, 9.17) is 4.74 Å². The summed E-state index contributed by atoms with van der Waals surface area (Å²) in [6.45, 7) is 7.07. The minimum Gasteiger partial charge on any atom is -0.370 e. The number of aryl methyl sites for hydroxylation is 1. The van der Waals surface area contributed by atoms with E-state index in [0.29, 0.717) is 26.2 Å². The summed E-state index contributed by atoms with van der Waals surface area (Å²) in [4.78, 5) is 6.67. The molecule has 0 aromatic carbocycles. The van der Waals surface area contributed by atoms with Crippen molar-refractivity contribution in [3.63, 3.8) is 0 Å². The summed E-state index contributed by atoms with van der Waals surface area (Å²) < 4.78 is 33.1. The van der Waals surface area contributed by atoms with Crippen molar-refractivity contribution < 1.29 is 13.2 Å². The van der Waals surface area contributed by atoms with Gasteiger partial charge < -0.3 is 15.0 Å². The Bertz CT molecular complexity index is 673. The molecule has 0 amide bonds. The maximum atomic E-state index is 11.5. The van der Waals surface area contributed by atoms with Crippen molar-refractivity contribution in [1.82, 2.24) is 24.7 Å². The lowest BCUT2D eigenvalue weighted by Crippen LogP contribution is -2.48. The molecule has 2 rings (SSSR count). The number of sulfonamides is 1. The molecule has 25 heavy (non-hydrogen) atoms. The molecule has 1 aliphatic rings. The Hall–Kier alpha value is -1.65. The van der Waals surface area contributed by atoms with Crippen LogP contribution in [0.4, 0.5) is 0 Å². The maximum absolute atomic E-state index is 11.5. The second-order valence-corrected chi connectivity index (χ2v) is 7.88. The molecule has 0 saturated carbocycles. The third-order valence-corrected chi connectivity index (χ3v) is 5.28. The average molecular weight is 372 g/mol. The highest BCUT2D eigenvalue weighted by Gasteiger charge is 2.25. The number of ether oxygens (including phenoxy) is 1. The van der Waals surface area contributed by atoms with Crippen LogP contribution in [-0.2, 0) is 21.8 Å². The molecule has 0 aliphatic carbocycles.